The largest absolute Gasteiger partial charge is 0.573 e. The number of halogens is 4. The number of carbonyl (C=O) groups excluding carboxylic acids is 2. The van der Waals surface area contributed by atoms with Crippen molar-refractivity contribution in [2.75, 3.05) is 0 Å². The van der Waals surface area contributed by atoms with E-state index in [1.165, 1.54) is 4.57 Å². The van der Waals surface area contributed by atoms with Crippen LogP contribution >= 0.6 is 0 Å². The number of rotatable bonds is 5. The quantitative estimate of drug-likeness (QED) is 0.350. The van der Waals surface area contributed by atoms with Gasteiger partial charge in [-0.3, -0.25) is 14.2 Å². The zero-order valence-electron chi connectivity index (χ0n) is 19.0. The highest BCUT2D eigenvalue weighted by molar-refractivity contribution is 6.05. The molecule has 4 rings (SSSR count). The van der Waals surface area contributed by atoms with Crippen molar-refractivity contribution in [3.05, 3.63) is 59.0 Å². The molecule has 1 fully saturated rings. The van der Waals surface area contributed by atoms with Gasteiger partial charge in [-0.2, -0.15) is 0 Å². The van der Waals surface area contributed by atoms with Gasteiger partial charge in [-0.25, -0.2) is 4.39 Å². The molecular formula is C25H23F4NO5. The van der Waals surface area contributed by atoms with Crippen molar-refractivity contribution in [3.8, 4) is 11.5 Å². The number of aromatic nitrogens is 1. The predicted octanol–water partition coefficient (Wildman–Crippen LogP) is 5.97. The molecule has 1 atom stereocenters. The summed E-state index contributed by atoms with van der Waals surface area (Å²) in [6.45, 7) is 3.18. The van der Waals surface area contributed by atoms with E-state index in [2.05, 4.69) is 4.74 Å². The topological polar surface area (TPSA) is 77.8 Å². The third kappa shape index (κ3) is 4.96. The number of carbonyl (C=O) groups is 2. The summed E-state index contributed by atoms with van der Waals surface area (Å²) in [5.41, 5.74) is 0.833. The van der Waals surface area contributed by atoms with Crippen molar-refractivity contribution in [3.63, 3.8) is 0 Å². The highest BCUT2D eigenvalue weighted by Crippen LogP contribution is 2.37. The van der Waals surface area contributed by atoms with Crippen LogP contribution in [0.3, 0.4) is 0 Å². The van der Waals surface area contributed by atoms with Crippen LogP contribution < -0.4 is 4.74 Å². The first-order valence-corrected chi connectivity index (χ1v) is 11.1. The molecule has 0 bridgehead atoms. The van der Waals surface area contributed by atoms with E-state index in [4.69, 9.17) is 4.74 Å². The molecule has 3 aromatic rings. The maximum atomic E-state index is 14.3. The number of phenolic OH excluding ortho intramolecular Hbond substituents is 1. The smallest absolute Gasteiger partial charge is 0.505 e. The lowest BCUT2D eigenvalue weighted by molar-refractivity contribution is -0.274. The van der Waals surface area contributed by atoms with E-state index in [0.29, 0.717) is 16.6 Å². The highest BCUT2D eigenvalue weighted by atomic mass is 19.4. The van der Waals surface area contributed by atoms with Gasteiger partial charge in [0.2, 0.25) is 0 Å². The Morgan fingerprint density at radius 3 is 2.34 bits per heavy atom. The Labute approximate surface area is 198 Å². The van der Waals surface area contributed by atoms with Gasteiger partial charge in [0.25, 0.3) is 5.91 Å². The standard InChI is InChI=1S/C25H23F4NO5/c1-13(24(33)34-16-5-3-4-6-16)22-14(2)30(20-12-19(26)21(31)11-18(20)22)23(32)15-7-9-17(10-8-15)35-25(27,28)29/h7-13,16,31H,3-6H2,1-2H3. The van der Waals surface area contributed by atoms with Crippen LogP contribution in [0.2, 0.25) is 0 Å². The monoisotopic (exact) mass is 493 g/mol. The molecule has 0 aliphatic heterocycles. The molecular weight excluding hydrogens is 470 g/mol. The van der Waals surface area contributed by atoms with Gasteiger partial charge in [0.05, 0.1) is 11.4 Å². The molecule has 2 aromatic carbocycles. The second-order valence-electron chi connectivity index (χ2n) is 8.60. The summed E-state index contributed by atoms with van der Waals surface area (Å²) in [6, 6.07) is 6.44. The number of fused-ring (bicyclic) bond motifs is 1. The highest BCUT2D eigenvalue weighted by Gasteiger charge is 2.32. The Kier molecular flexibility index (Phi) is 6.48. The summed E-state index contributed by atoms with van der Waals surface area (Å²) in [5, 5.41) is 10.3. The number of hydrogen-bond acceptors (Lipinski definition) is 5. The number of ether oxygens (including phenoxy) is 2. The predicted molar refractivity (Wildman–Crippen MR) is 118 cm³/mol. The van der Waals surface area contributed by atoms with Crippen LogP contribution in [0.25, 0.3) is 10.9 Å². The van der Waals surface area contributed by atoms with Gasteiger partial charge in [-0.05, 0) is 75.4 Å². The van der Waals surface area contributed by atoms with Gasteiger partial charge < -0.3 is 14.6 Å². The number of alkyl halides is 3. The number of phenols is 1. The fourth-order valence-corrected chi connectivity index (χ4v) is 4.58. The average Bonchev–Trinajstić information content (AvgIpc) is 3.38. The summed E-state index contributed by atoms with van der Waals surface area (Å²) >= 11 is 0. The fourth-order valence-electron chi connectivity index (χ4n) is 4.58. The average molecular weight is 493 g/mol. The molecule has 0 radical (unpaired) electrons. The van der Waals surface area contributed by atoms with Crippen LogP contribution in [-0.2, 0) is 9.53 Å². The minimum atomic E-state index is -4.88. The molecule has 0 spiro atoms. The molecule has 1 aliphatic rings. The molecule has 35 heavy (non-hydrogen) atoms. The van der Waals surface area contributed by atoms with E-state index in [-0.39, 0.29) is 17.2 Å². The van der Waals surface area contributed by atoms with Crippen LogP contribution in [0.4, 0.5) is 17.6 Å². The maximum Gasteiger partial charge on any atom is 0.573 e. The summed E-state index contributed by atoms with van der Waals surface area (Å²) in [5.74, 6) is -4.08. The van der Waals surface area contributed by atoms with Gasteiger partial charge in [0.1, 0.15) is 11.9 Å². The van der Waals surface area contributed by atoms with Gasteiger partial charge in [-0.15, -0.1) is 13.2 Å². The molecule has 1 aliphatic carbocycles. The molecule has 10 heteroatoms. The van der Waals surface area contributed by atoms with Gasteiger partial charge in [0.15, 0.2) is 11.6 Å². The number of aromatic hydroxyl groups is 1. The third-order valence-electron chi connectivity index (χ3n) is 6.23. The zero-order valence-corrected chi connectivity index (χ0v) is 19.0. The fraction of sp³-hybridized carbons (Fsp3) is 0.360. The zero-order chi connectivity index (χ0) is 25.5. The van der Waals surface area contributed by atoms with Gasteiger partial charge in [-0.1, -0.05) is 0 Å². The Bertz CT molecular complexity index is 1270. The molecule has 0 amide bonds. The van der Waals surface area contributed by atoms with Crippen molar-refractivity contribution < 1.29 is 41.7 Å². The number of hydrogen-bond donors (Lipinski definition) is 1. The minimum absolute atomic E-state index is 0.0146. The minimum Gasteiger partial charge on any atom is -0.505 e. The Morgan fingerprint density at radius 2 is 1.74 bits per heavy atom. The summed E-state index contributed by atoms with van der Waals surface area (Å²) in [4.78, 5) is 26.2. The van der Waals surface area contributed by atoms with E-state index in [0.717, 1.165) is 62.1 Å². The lowest BCUT2D eigenvalue weighted by atomic mass is 9.97. The van der Waals surface area contributed by atoms with Crippen LogP contribution in [0, 0.1) is 12.7 Å². The van der Waals surface area contributed by atoms with Gasteiger partial charge >= 0.3 is 12.3 Å². The van der Waals surface area contributed by atoms with Crippen LogP contribution in [0.15, 0.2) is 36.4 Å². The Balaban J connectivity index is 1.75. The van der Waals surface area contributed by atoms with Crippen molar-refractivity contribution in [1.82, 2.24) is 4.57 Å². The van der Waals surface area contributed by atoms with E-state index >= 15 is 0 Å². The van der Waals surface area contributed by atoms with E-state index in [1.54, 1.807) is 13.8 Å². The molecule has 186 valence electrons. The lowest BCUT2D eigenvalue weighted by Gasteiger charge is -2.17. The first-order valence-electron chi connectivity index (χ1n) is 11.1. The molecule has 1 N–H and O–H groups in total. The number of nitrogens with zero attached hydrogens (tertiary/aromatic N) is 1. The SMILES string of the molecule is Cc1c(C(C)C(=O)OC2CCCC2)c2cc(O)c(F)cc2n1C(=O)c1ccc(OC(F)(F)F)cc1. The lowest BCUT2D eigenvalue weighted by Crippen LogP contribution is -2.20. The van der Waals surface area contributed by atoms with Gasteiger partial charge in [0, 0.05) is 22.7 Å². The first kappa shape index (κ1) is 24.6. The van der Waals surface area contributed by atoms with Crippen molar-refractivity contribution in [1.29, 1.82) is 0 Å². The molecule has 0 saturated heterocycles. The molecule has 1 saturated carbocycles. The van der Waals surface area contributed by atoms with Crippen molar-refractivity contribution in [2.24, 2.45) is 0 Å². The van der Waals surface area contributed by atoms with Crippen molar-refractivity contribution in [2.45, 2.75) is 57.9 Å². The second kappa shape index (κ2) is 9.24. The summed E-state index contributed by atoms with van der Waals surface area (Å²) in [6.07, 6.45) is -1.56. The van der Waals surface area contributed by atoms with E-state index < -0.39 is 41.5 Å². The first-order chi connectivity index (χ1) is 16.5. The Morgan fingerprint density at radius 1 is 1.11 bits per heavy atom. The van der Waals surface area contributed by atoms with E-state index in [9.17, 15) is 32.3 Å². The molecule has 6 nitrogen and oxygen atoms in total. The molecule has 1 aromatic heterocycles. The van der Waals surface area contributed by atoms with Crippen LogP contribution in [0.1, 0.15) is 60.1 Å². The molecule has 1 unspecified atom stereocenters. The van der Waals surface area contributed by atoms with Crippen LogP contribution in [-0.4, -0.2) is 34.0 Å². The normalized spacial score (nSPS) is 15.4. The molecule has 1 heterocycles. The maximum absolute atomic E-state index is 14.3. The number of esters is 1. The Hall–Kier alpha value is -3.56. The summed E-state index contributed by atoms with van der Waals surface area (Å²) < 4.78 is 62.3. The number of benzene rings is 2. The third-order valence-corrected chi connectivity index (χ3v) is 6.23. The van der Waals surface area contributed by atoms with Crippen molar-refractivity contribution >= 4 is 22.8 Å². The second-order valence-corrected chi connectivity index (χ2v) is 8.60. The summed E-state index contributed by atoms with van der Waals surface area (Å²) in [7, 11) is 0. The van der Waals surface area contributed by atoms with Crippen LogP contribution in [0.5, 0.6) is 11.5 Å². The van der Waals surface area contributed by atoms with E-state index in [1.807, 2.05) is 0 Å².